The first-order valence-corrected chi connectivity index (χ1v) is 12.4. The zero-order valence-corrected chi connectivity index (χ0v) is 19.7. The lowest BCUT2D eigenvalue weighted by Gasteiger charge is -2.16. The minimum atomic E-state index is -0.701. The third-order valence-corrected chi connectivity index (χ3v) is 7.47. The Bertz CT molecular complexity index is 1530. The summed E-state index contributed by atoms with van der Waals surface area (Å²) in [6.45, 7) is 3.85. The van der Waals surface area contributed by atoms with E-state index in [-0.39, 0.29) is 11.5 Å². The molecule has 9 heteroatoms. The molecule has 1 amide bonds. The van der Waals surface area contributed by atoms with Crippen LogP contribution in [0.3, 0.4) is 0 Å². The SMILES string of the molecule is CCc1nnc(NC(=O)C(CC)n2cnc3scc(-c4ccc5ccccc5c4)c3c2=O)s1. The zero-order chi connectivity index (χ0) is 22.9. The Balaban J connectivity index is 1.55. The fourth-order valence-corrected chi connectivity index (χ4v) is 5.47. The van der Waals surface area contributed by atoms with Crippen LogP contribution in [-0.2, 0) is 11.2 Å². The highest BCUT2D eigenvalue weighted by atomic mass is 32.1. The van der Waals surface area contributed by atoms with E-state index in [4.69, 9.17) is 0 Å². The summed E-state index contributed by atoms with van der Waals surface area (Å²) in [6, 6.07) is 13.6. The third-order valence-electron chi connectivity index (χ3n) is 5.60. The first-order valence-electron chi connectivity index (χ1n) is 10.7. The maximum Gasteiger partial charge on any atom is 0.263 e. The summed E-state index contributed by atoms with van der Waals surface area (Å²) in [6.07, 6.45) is 2.66. The van der Waals surface area contributed by atoms with E-state index >= 15 is 0 Å². The van der Waals surface area contributed by atoms with Gasteiger partial charge in [0.25, 0.3) is 5.56 Å². The maximum absolute atomic E-state index is 13.6. The first-order chi connectivity index (χ1) is 16.1. The first kappa shape index (κ1) is 21.4. The number of aryl methyl sites for hydroxylation is 1. The van der Waals surface area contributed by atoms with Gasteiger partial charge in [0.05, 0.1) is 11.7 Å². The van der Waals surface area contributed by atoms with Crippen LogP contribution in [-0.4, -0.2) is 25.7 Å². The molecular formula is C24H21N5O2S2. The lowest BCUT2D eigenvalue weighted by atomic mass is 10.0. The largest absolute Gasteiger partial charge is 0.299 e. The van der Waals surface area contributed by atoms with E-state index in [2.05, 4.69) is 44.8 Å². The maximum atomic E-state index is 13.6. The van der Waals surface area contributed by atoms with Gasteiger partial charge in [0.2, 0.25) is 11.0 Å². The number of hydrogen-bond donors (Lipinski definition) is 1. The van der Waals surface area contributed by atoms with Crippen molar-refractivity contribution >= 4 is 54.7 Å². The van der Waals surface area contributed by atoms with Crippen molar-refractivity contribution in [2.45, 2.75) is 32.7 Å². The minimum Gasteiger partial charge on any atom is -0.299 e. The Morgan fingerprint density at radius 2 is 1.94 bits per heavy atom. The van der Waals surface area contributed by atoms with Crippen LogP contribution >= 0.6 is 22.7 Å². The van der Waals surface area contributed by atoms with E-state index in [1.165, 1.54) is 33.6 Å². The van der Waals surface area contributed by atoms with Gasteiger partial charge < -0.3 is 0 Å². The average Bonchev–Trinajstić information content (AvgIpc) is 3.48. The fraction of sp³-hybridized carbons (Fsp3) is 0.208. The highest BCUT2D eigenvalue weighted by Gasteiger charge is 2.24. The Morgan fingerprint density at radius 1 is 1.12 bits per heavy atom. The van der Waals surface area contributed by atoms with E-state index in [0.29, 0.717) is 21.8 Å². The van der Waals surface area contributed by atoms with Crippen LogP contribution in [0.25, 0.3) is 32.1 Å². The van der Waals surface area contributed by atoms with Crippen LogP contribution in [0.5, 0.6) is 0 Å². The van der Waals surface area contributed by atoms with Gasteiger partial charge in [0.15, 0.2) is 0 Å². The lowest BCUT2D eigenvalue weighted by Crippen LogP contribution is -2.33. The molecule has 7 nitrogen and oxygen atoms in total. The lowest BCUT2D eigenvalue weighted by molar-refractivity contribution is -0.119. The van der Waals surface area contributed by atoms with Gasteiger partial charge in [0.1, 0.15) is 15.9 Å². The number of fused-ring (bicyclic) bond motifs is 2. The number of amides is 1. The summed E-state index contributed by atoms with van der Waals surface area (Å²) in [7, 11) is 0. The Morgan fingerprint density at radius 3 is 2.70 bits per heavy atom. The molecule has 0 bridgehead atoms. The van der Waals surface area contributed by atoms with E-state index in [9.17, 15) is 9.59 Å². The van der Waals surface area contributed by atoms with E-state index < -0.39 is 6.04 Å². The molecule has 166 valence electrons. The number of nitrogens with one attached hydrogen (secondary N) is 1. The van der Waals surface area contributed by atoms with Crippen LogP contribution in [0.2, 0.25) is 0 Å². The monoisotopic (exact) mass is 475 g/mol. The summed E-state index contributed by atoms with van der Waals surface area (Å²) in [5.74, 6) is -0.304. The van der Waals surface area contributed by atoms with Gasteiger partial charge in [-0.2, -0.15) is 0 Å². The van der Waals surface area contributed by atoms with Crippen molar-refractivity contribution < 1.29 is 4.79 Å². The standard InChI is InChI=1S/C24H21N5O2S2/c1-3-18(21(30)26-24-28-27-19(4-2)33-24)29-13-25-22-20(23(29)31)17(12-32-22)16-10-9-14-7-5-6-8-15(14)11-16/h5-13,18H,3-4H2,1-2H3,(H,26,28,30). The van der Waals surface area contributed by atoms with E-state index in [1.807, 2.05) is 37.4 Å². The summed E-state index contributed by atoms with van der Waals surface area (Å²) in [4.78, 5) is 31.8. The second kappa shape index (κ2) is 8.84. The molecule has 0 radical (unpaired) electrons. The quantitative estimate of drug-likeness (QED) is 0.361. The van der Waals surface area contributed by atoms with Crippen LogP contribution in [0.1, 0.15) is 31.3 Å². The van der Waals surface area contributed by atoms with Gasteiger partial charge in [-0.3, -0.25) is 19.5 Å². The van der Waals surface area contributed by atoms with Crippen molar-refractivity contribution in [2.24, 2.45) is 0 Å². The van der Waals surface area contributed by atoms with Crippen LogP contribution in [0.4, 0.5) is 5.13 Å². The molecule has 0 aliphatic rings. The van der Waals surface area contributed by atoms with Crippen LogP contribution in [0.15, 0.2) is 59.0 Å². The summed E-state index contributed by atoms with van der Waals surface area (Å²) < 4.78 is 1.43. The topological polar surface area (TPSA) is 89.8 Å². The molecule has 0 aliphatic carbocycles. The van der Waals surface area contributed by atoms with Gasteiger partial charge in [-0.05, 0) is 35.2 Å². The van der Waals surface area contributed by atoms with Gasteiger partial charge in [-0.15, -0.1) is 21.5 Å². The fourth-order valence-electron chi connectivity index (χ4n) is 3.88. The van der Waals surface area contributed by atoms with Crippen molar-refractivity contribution in [1.82, 2.24) is 19.7 Å². The minimum absolute atomic E-state index is 0.224. The number of benzene rings is 2. The van der Waals surface area contributed by atoms with Crippen molar-refractivity contribution in [3.63, 3.8) is 0 Å². The molecule has 0 spiro atoms. The predicted molar refractivity (Wildman–Crippen MR) is 134 cm³/mol. The Kier molecular flexibility index (Phi) is 5.74. The molecule has 0 saturated heterocycles. The van der Waals surface area contributed by atoms with Crippen LogP contribution < -0.4 is 10.9 Å². The summed E-state index contributed by atoms with van der Waals surface area (Å²) in [5, 5.41) is 16.9. The van der Waals surface area contributed by atoms with Crippen LogP contribution in [0, 0.1) is 0 Å². The molecule has 1 N–H and O–H groups in total. The number of nitrogens with zero attached hydrogens (tertiary/aromatic N) is 4. The Labute approximate surface area is 197 Å². The number of thiophene rings is 1. The average molecular weight is 476 g/mol. The molecule has 0 fully saturated rings. The van der Waals surface area contributed by atoms with Gasteiger partial charge in [-0.25, -0.2) is 4.98 Å². The molecule has 5 aromatic rings. The van der Waals surface area contributed by atoms with E-state index in [0.717, 1.165) is 33.3 Å². The van der Waals surface area contributed by atoms with Crippen molar-refractivity contribution in [3.8, 4) is 11.1 Å². The molecule has 3 aromatic heterocycles. The smallest absolute Gasteiger partial charge is 0.263 e. The van der Waals surface area contributed by atoms with Crippen molar-refractivity contribution in [3.05, 3.63) is 69.5 Å². The highest BCUT2D eigenvalue weighted by molar-refractivity contribution is 7.17. The summed E-state index contributed by atoms with van der Waals surface area (Å²) in [5.41, 5.74) is 1.56. The van der Waals surface area contributed by atoms with E-state index in [1.54, 1.807) is 0 Å². The normalized spacial score (nSPS) is 12.3. The zero-order valence-electron chi connectivity index (χ0n) is 18.1. The molecule has 2 aromatic carbocycles. The molecule has 3 heterocycles. The number of rotatable bonds is 6. The summed E-state index contributed by atoms with van der Waals surface area (Å²) >= 11 is 2.77. The van der Waals surface area contributed by atoms with Gasteiger partial charge in [0, 0.05) is 10.9 Å². The molecule has 0 aliphatic heterocycles. The number of carbonyl (C=O) groups excluding carboxylic acids is 1. The molecule has 1 atom stereocenters. The van der Waals surface area contributed by atoms with Crippen molar-refractivity contribution in [1.29, 1.82) is 0 Å². The third kappa shape index (κ3) is 3.94. The number of hydrogen-bond acceptors (Lipinski definition) is 7. The van der Waals surface area contributed by atoms with Gasteiger partial charge >= 0.3 is 0 Å². The second-order valence-corrected chi connectivity index (χ2v) is 9.54. The second-order valence-electron chi connectivity index (χ2n) is 7.62. The Hall–Kier alpha value is -3.43. The number of aromatic nitrogens is 4. The predicted octanol–water partition coefficient (Wildman–Crippen LogP) is 5.28. The molecule has 5 rings (SSSR count). The van der Waals surface area contributed by atoms with Crippen molar-refractivity contribution in [2.75, 3.05) is 5.32 Å². The highest BCUT2D eigenvalue weighted by Crippen LogP contribution is 2.33. The molecular weight excluding hydrogens is 454 g/mol. The van der Waals surface area contributed by atoms with Gasteiger partial charge in [-0.1, -0.05) is 61.6 Å². The molecule has 33 heavy (non-hydrogen) atoms. The number of carbonyl (C=O) groups is 1. The molecule has 0 saturated carbocycles. The number of anilines is 1. The molecule has 1 unspecified atom stereocenters.